The van der Waals surface area contributed by atoms with Crippen molar-refractivity contribution in [2.24, 2.45) is 5.92 Å². The highest BCUT2D eigenvalue weighted by atomic mass is 32.1. The Balaban J connectivity index is 1.45. The maximum Gasteiger partial charge on any atom is 0.224 e. The molecule has 1 N–H and O–H groups in total. The Hall–Kier alpha value is -1.92. The van der Waals surface area contributed by atoms with Crippen molar-refractivity contribution in [1.29, 1.82) is 0 Å². The second kappa shape index (κ2) is 10.2. The summed E-state index contributed by atoms with van der Waals surface area (Å²) < 4.78 is 5.23. The second-order valence-corrected chi connectivity index (χ2v) is 9.27. The van der Waals surface area contributed by atoms with E-state index in [-0.39, 0.29) is 5.91 Å². The van der Waals surface area contributed by atoms with Crippen molar-refractivity contribution in [2.75, 3.05) is 25.5 Å². The number of nitrogens with zero attached hydrogens (tertiary/aromatic N) is 2. The number of benzene rings is 1. The molecule has 0 spiro atoms. The van der Waals surface area contributed by atoms with E-state index in [0.717, 1.165) is 43.1 Å². The average molecular weight is 416 g/mol. The molecule has 1 aliphatic rings. The van der Waals surface area contributed by atoms with Crippen LogP contribution in [0.4, 0.5) is 5.69 Å². The molecule has 0 saturated carbocycles. The van der Waals surface area contributed by atoms with Gasteiger partial charge in [0.15, 0.2) is 0 Å². The quantitative estimate of drug-likeness (QED) is 0.643. The van der Waals surface area contributed by atoms with Gasteiger partial charge in [-0.2, -0.15) is 0 Å². The number of hydrogen-bond donors (Lipinski definition) is 1. The summed E-state index contributed by atoms with van der Waals surface area (Å²) in [5, 5.41) is 6.45. The first-order valence-electron chi connectivity index (χ1n) is 10.6. The second-order valence-electron chi connectivity index (χ2n) is 8.33. The zero-order chi connectivity index (χ0) is 20.8. The van der Waals surface area contributed by atoms with E-state index < -0.39 is 0 Å². The number of aryl methyl sites for hydroxylation is 1. The number of nitrogens with one attached hydrogen (secondary N) is 1. The molecule has 1 saturated heterocycles. The monoisotopic (exact) mass is 415 g/mol. The van der Waals surface area contributed by atoms with Gasteiger partial charge in [0.25, 0.3) is 0 Å². The van der Waals surface area contributed by atoms with Gasteiger partial charge >= 0.3 is 0 Å². The van der Waals surface area contributed by atoms with Crippen molar-refractivity contribution in [1.82, 2.24) is 9.88 Å². The SMILES string of the molecule is COc1ccc(NC(=O)CCC2CCCN(Cc3nc(C(C)C)cs3)C2)c(C)c1. The third-order valence-corrected chi connectivity index (χ3v) is 6.46. The normalized spacial score (nSPS) is 17.5. The first kappa shape index (κ1) is 21.8. The summed E-state index contributed by atoms with van der Waals surface area (Å²) >= 11 is 1.77. The summed E-state index contributed by atoms with van der Waals surface area (Å²) in [5.74, 6) is 1.97. The molecular weight excluding hydrogens is 382 g/mol. The summed E-state index contributed by atoms with van der Waals surface area (Å²) in [6, 6.07) is 5.73. The predicted molar refractivity (Wildman–Crippen MR) is 120 cm³/mol. The number of carbonyl (C=O) groups is 1. The molecule has 0 radical (unpaired) electrons. The fraction of sp³-hybridized carbons (Fsp3) is 0.565. The number of carbonyl (C=O) groups excluding carboxylic acids is 1. The van der Waals surface area contributed by atoms with Gasteiger partial charge in [0, 0.05) is 24.0 Å². The van der Waals surface area contributed by atoms with Crippen LogP contribution in [-0.4, -0.2) is 36.0 Å². The van der Waals surface area contributed by atoms with Crippen molar-refractivity contribution in [3.05, 3.63) is 39.8 Å². The molecule has 1 unspecified atom stereocenters. The van der Waals surface area contributed by atoms with Crippen LogP contribution in [0.2, 0.25) is 0 Å². The van der Waals surface area contributed by atoms with Crippen LogP contribution in [0.1, 0.15) is 61.7 Å². The van der Waals surface area contributed by atoms with Crippen molar-refractivity contribution < 1.29 is 9.53 Å². The summed E-state index contributed by atoms with van der Waals surface area (Å²) in [6.45, 7) is 9.49. The first-order chi connectivity index (χ1) is 13.9. The van der Waals surface area contributed by atoms with Crippen LogP contribution >= 0.6 is 11.3 Å². The van der Waals surface area contributed by atoms with Crippen molar-refractivity contribution >= 4 is 22.9 Å². The van der Waals surface area contributed by atoms with Gasteiger partial charge < -0.3 is 10.1 Å². The Bertz CT molecular complexity index is 818. The van der Waals surface area contributed by atoms with E-state index in [9.17, 15) is 4.79 Å². The molecule has 1 fully saturated rings. The van der Waals surface area contributed by atoms with E-state index >= 15 is 0 Å². The summed E-state index contributed by atoms with van der Waals surface area (Å²) in [7, 11) is 1.65. The van der Waals surface area contributed by atoms with Crippen LogP contribution in [-0.2, 0) is 11.3 Å². The molecule has 1 aromatic carbocycles. The lowest BCUT2D eigenvalue weighted by Crippen LogP contribution is -2.35. The molecule has 2 heterocycles. The highest BCUT2D eigenvalue weighted by Gasteiger charge is 2.22. The average Bonchev–Trinajstić information content (AvgIpc) is 3.17. The fourth-order valence-electron chi connectivity index (χ4n) is 3.84. The van der Waals surface area contributed by atoms with Crippen molar-refractivity contribution in [2.45, 2.75) is 58.9 Å². The van der Waals surface area contributed by atoms with Crippen LogP contribution in [0.25, 0.3) is 0 Å². The van der Waals surface area contributed by atoms with Crippen LogP contribution < -0.4 is 10.1 Å². The minimum absolute atomic E-state index is 0.0943. The van der Waals surface area contributed by atoms with E-state index in [4.69, 9.17) is 9.72 Å². The molecule has 29 heavy (non-hydrogen) atoms. The zero-order valence-electron chi connectivity index (χ0n) is 18.0. The van der Waals surface area contributed by atoms with Gasteiger partial charge in [-0.1, -0.05) is 13.8 Å². The minimum Gasteiger partial charge on any atom is -0.497 e. The third-order valence-electron chi connectivity index (χ3n) is 5.61. The van der Waals surface area contributed by atoms with Crippen molar-refractivity contribution in [3.63, 3.8) is 0 Å². The number of amides is 1. The smallest absolute Gasteiger partial charge is 0.224 e. The maximum atomic E-state index is 12.4. The maximum absolute atomic E-state index is 12.4. The number of anilines is 1. The van der Waals surface area contributed by atoms with E-state index in [0.29, 0.717) is 18.3 Å². The zero-order valence-corrected chi connectivity index (χ0v) is 18.8. The number of ether oxygens (including phenoxy) is 1. The van der Waals surface area contributed by atoms with Gasteiger partial charge in [0.2, 0.25) is 5.91 Å². The predicted octanol–water partition coefficient (Wildman–Crippen LogP) is 5.21. The van der Waals surface area contributed by atoms with Gasteiger partial charge in [0.05, 0.1) is 19.3 Å². The molecule has 2 aromatic rings. The topological polar surface area (TPSA) is 54.5 Å². The highest BCUT2D eigenvalue weighted by Crippen LogP contribution is 2.25. The van der Waals surface area contributed by atoms with E-state index in [2.05, 4.69) is 29.4 Å². The lowest BCUT2D eigenvalue weighted by Gasteiger charge is -2.32. The van der Waals surface area contributed by atoms with E-state index in [1.807, 2.05) is 25.1 Å². The van der Waals surface area contributed by atoms with E-state index in [1.165, 1.54) is 23.5 Å². The largest absolute Gasteiger partial charge is 0.497 e. The molecule has 1 aliphatic heterocycles. The van der Waals surface area contributed by atoms with Crippen molar-refractivity contribution in [3.8, 4) is 5.75 Å². The first-order valence-corrected chi connectivity index (χ1v) is 11.4. The molecule has 3 rings (SSSR count). The van der Waals surface area contributed by atoms with Crippen LogP contribution in [0.5, 0.6) is 5.75 Å². The molecule has 1 atom stereocenters. The molecule has 158 valence electrons. The van der Waals surface area contributed by atoms with Crippen LogP contribution in [0, 0.1) is 12.8 Å². The molecule has 0 bridgehead atoms. The van der Waals surface area contributed by atoms with Gasteiger partial charge in [-0.3, -0.25) is 9.69 Å². The number of hydrogen-bond acceptors (Lipinski definition) is 5. The standard InChI is InChI=1S/C23H33N3O2S/c1-16(2)21-15-29-23(25-21)14-26-11-5-6-18(13-26)7-10-22(27)24-20-9-8-19(28-4)12-17(20)3/h8-9,12,15-16,18H,5-7,10-11,13-14H2,1-4H3,(H,24,27). The number of rotatable bonds is 8. The molecule has 6 heteroatoms. The lowest BCUT2D eigenvalue weighted by molar-refractivity contribution is -0.116. The molecule has 1 amide bonds. The molecule has 1 aromatic heterocycles. The summed E-state index contributed by atoms with van der Waals surface area (Å²) in [5.41, 5.74) is 3.08. The molecule has 5 nitrogen and oxygen atoms in total. The molecule has 0 aliphatic carbocycles. The third kappa shape index (κ3) is 6.28. The Morgan fingerprint density at radius 1 is 1.41 bits per heavy atom. The lowest BCUT2D eigenvalue weighted by atomic mass is 9.93. The fourth-order valence-corrected chi connectivity index (χ4v) is 4.83. The summed E-state index contributed by atoms with van der Waals surface area (Å²) in [6.07, 6.45) is 3.91. The minimum atomic E-state index is 0.0943. The number of likely N-dealkylation sites (tertiary alicyclic amines) is 1. The van der Waals surface area contributed by atoms with Crippen LogP contribution in [0.3, 0.4) is 0 Å². The summed E-state index contributed by atoms with van der Waals surface area (Å²) in [4.78, 5) is 19.7. The number of piperidine rings is 1. The number of thiazole rings is 1. The van der Waals surface area contributed by atoms with Gasteiger partial charge in [-0.15, -0.1) is 11.3 Å². The van der Waals surface area contributed by atoms with Gasteiger partial charge in [-0.25, -0.2) is 4.98 Å². The Morgan fingerprint density at radius 3 is 2.93 bits per heavy atom. The number of methoxy groups -OCH3 is 1. The van der Waals surface area contributed by atoms with Gasteiger partial charge in [0.1, 0.15) is 10.8 Å². The Labute approximate surface area is 178 Å². The Morgan fingerprint density at radius 2 is 2.24 bits per heavy atom. The number of aromatic nitrogens is 1. The van der Waals surface area contributed by atoms with E-state index in [1.54, 1.807) is 18.4 Å². The van der Waals surface area contributed by atoms with Crippen LogP contribution in [0.15, 0.2) is 23.6 Å². The highest BCUT2D eigenvalue weighted by molar-refractivity contribution is 7.09. The van der Waals surface area contributed by atoms with Gasteiger partial charge in [-0.05, 0) is 68.3 Å². The molecular formula is C23H33N3O2S. The Kier molecular flexibility index (Phi) is 7.67.